The molecule has 0 saturated carbocycles. The summed E-state index contributed by atoms with van der Waals surface area (Å²) in [4.78, 5) is 0. The molecule has 2 aromatic rings. The highest BCUT2D eigenvalue weighted by Crippen LogP contribution is 2.33. The van der Waals surface area contributed by atoms with E-state index in [4.69, 9.17) is 5.10 Å². The Labute approximate surface area is 128 Å². The van der Waals surface area contributed by atoms with E-state index in [1.165, 1.54) is 16.8 Å². The van der Waals surface area contributed by atoms with Gasteiger partial charge in [-0.1, -0.05) is 43.2 Å². The number of fused-ring (bicyclic) bond motifs is 1. The summed E-state index contributed by atoms with van der Waals surface area (Å²) in [5.41, 5.74) is 3.86. The number of anilines is 1. The molecule has 2 heterocycles. The van der Waals surface area contributed by atoms with Crippen molar-refractivity contribution < 1.29 is 0 Å². The number of rotatable bonds is 3. The molecule has 1 aliphatic heterocycles. The van der Waals surface area contributed by atoms with Gasteiger partial charge in [-0.25, -0.2) is 4.68 Å². The first kappa shape index (κ1) is 13.7. The van der Waals surface area contributed by atoms with Crippen molar-refractivity contribution in [1.82, 2.24) is 9.78 Å². The lowest BCUT2D eigenvalue weighted by atomic mass is 9.97. The molecule has 1 aliphatic rings. The molecule has 1 atom stereocenters. The van der Waals surface area contributed by atoms with Gasteiger partial charge in [0.15, 0.2) is 0 Å². The monoisotopic (exact) mass is 333 g/mol. The number of hydrogen-bond donors (Lipinski definition) is 1. The van der Waals surface area contributed by atoms with Gasteiger partial charge in [0.1, 0.15) is 5.82 Å². The number of hydrogen-bond acceptors (Lipinski definition) is 2. The summed E-state index contributed by atoms with van der Waals surface area (Å²) in [6.45, 7) is 6.24. The summed E-state index contributed by atoms with van der Waals surface area (Å²) in [5, 5.41) is 8.27. The minimum Gasteiger partial charge on any atom is -0.369 e. The molecule has 0 spiro atoms. The van der Waals surface area contributed by atoms with Crippen molar-refractivity contribution in [2.24, 2.45) is 0 Å². The summed E-state index contributed by atoms with van der Waals surface area (Å²) >= 11 is 3.68. The van der Waals surface area contributed by atoms with Crippen LogP contribution in [0.4, 0.5) is 5.82 Å². The fourth-order valence-corrected chi connectivity index (χ4v) is 3.36. The third-order valence-corrected chi connectivity index (χ3v) is 4.74. The van der Waals surface area contributed by atoms with Gasteiger partial charge in [-0.15, -0.1) is 0 Å². The van der Waals surface area contributed by atoms with E-state index in [-0.39, 0.29) is 0 Å². The second-order valence-electron chi connectivity index (χ2n) is 5.53. The predicted octanol–water partition coefficient (Wildman–Crippen LogP) is 4.12. The number of halogens is 1. The van der Waals surface area contributed by atoms with Crippen LogP contribution in [0.1, 0.15) is 36.1 Å². The molecule has 0 radical (unpaired) electrons. The number of benzene rings is 1. The highest BCUT2D eigenvalue weighted by atomic mass is 79.9. The maximum atomic E-state index is 4.74. The Bertz CT molecular complexity index is 601. The molecule has 0 aliphatic carbocycles. The first-order valence-electron chi connectivity index (χ1n) is 7.24. The van der Waals surface area contributed by atoms with E-state index in [2.05, 4.69) is 64.0 Å². The van der Waals surface area contributed by atoms with Gasteiger partial charge < -0.3 is 5.32 Å². The van der Waals surface area contributed by atoms with Crippen LogP contribution in [0.3, 0.4) is 0 Å². The van der Waals surface area contributed by atoms with E-state index in [0.717, 1.165) is 36.2 Å². The highest BCUT2D eigenvalue weighted by Gasteiger charge is 2.24. The van der Waals surface area contributed by atoms with E-state index in [1.54, 1.807) is 0 Å². The Morgan fingerprint density at radius 3 is 2.80 bits per heavy atom. The van der Waals surface area contributed by atoms with Crippen LogP contribution in [-0.2, 0) is 13.0 Å². The van der Waals surface area contributed by atoms with E-state index in [0.29, 0.717) is 5.92 Å². The zero-order chi connectivity index (χ0) is 14.1. The molecule has 20 heavy (non-hydrogen) atoms. The maximum absolute atomic E-state index is 4.74. The van der Waals surface area contributed by atoms with Crippen molar-refractivity contribution in [3.8, 4) is 0 Å². The van der Waals surface area contributed by atoms with Crippen LogP contribution in [0, 0.1) is 6.92 Å². The Kier molecular flexibility index (Phi) is 3.83. The standard InChI is InChI=1S/C16H20BrN3/c1-3-4-14-15(17)16-18-9-13(10-20(16)19-14)12-7-5-11(2)6-8-12/h5-8,13,18H,3-4,9-10H2,1-2H3. The van der Waals surface area contributed by atoms with Gasteiger partial charge in [0.25, 0.3) is 0 Å². The minimum atomic E-state index is 0.490. The smallest absolute Gasteiger partial charge is 0.139 e. The summed E-state index contributed by atoms with van der Waals surface area (Å²) in [7, 11) is 0. The molecule has 0 saturated heterocycles. The SMILES string of the molecule is CCCc1nn2c(c1Br)NCC(c1ccc(C)cc1)C2. The van der Waals surface area contributed by atoms with E-state index < -0.39 is 0 Å². The van der Waals surface area contributed by atoms with Gasteiger partial charge in [0.05, 0.1) is 16.7 Å². The number of nitrogens with zero attached hydrogens (tertiary/aromatic N) is 2. The molecule has 106 valence electrons. The van der Waals surface area contributed by atoms with E-state index >= 15 is 0 Å². The molecule has 3 rings (SSSR count). The lowest BCUT2D eigenvalue weighted by Gasteiger charge is -2.25. The van der Waals surface area contributed by atoms with Crippen LogP contribution >= 0.6 is 15.9 Å². The summed E-state index contributed by atoms with van der Waals surface area (Å²) in [5.74, 6) is 1.63. The van der Waals surface area contributed by atoms with Crippen LogP contribution in [0.5, 0.6) is 0 Å². The lowest BCUT2D eigenvalue weighted by molar-refractivity contribution is 0.501. The van der Waals surface area contributed by atoms with Gasteiger partial charge in [0.2, 0.25) is 0 Å². The van der Waals surface area contributed by atoms with Crippen molar-refractivity contribution in [3.63, 3.8) is 0 Å². The van der Waals surface area contributed by atoms with Gasteiger partial charge in [-0.2, -0.15) is 5.10 Å². The molecular formula is C16H20BrN3. The van der Waals surface area contributed by atoms with Crippen LogP contribution in [-0.4, -0.2) is 16.3 Å². The minimum absolute atomic E-state index is 0.490. The highest BCUT2D eigenvalue weighted by molar-refractivity contribution is 9.10. The Hall–Kier alpha value is -1.29. The topological polar surface area (TPSA) is 29.9 Å². The molecule has 3 nitrogen and oxygen atoms in total. The fourth-order valence-electron chi connectivity index (χ4n) is 2.74. The molecule has 4 heteroatoms. The van der Waals surface area contributed by atoms with E-state index in [1.807, 2.05) is 0 Å². The van der Waals surface area contributed by atoms with Crippen LogP contribution in [0.25, 0.3) is 0 Å². The van der Waals surface area contributed by atoms with Crippen molar-refractivity contribution in [2.75, 3.05) is 11.9 Å². The third-order valence-electron chi connectivity index (χ3n) is 3.91. The summed E-state index contributed by atoms with van der Waals surface area (Å²) in [6.07, 6.45) is 2.15. The fraction of sp³-hybridized carbons (Fsp3) is 0.438. The molecule has 0 fully saturated rings. The molecular weight excluding hydrogens is 314 g/mol. The first-order valence-corrected chi connectivity index (χ1v) is 8.04. The van der Waals surface area contributed by atoms with Gasteiger partial charge >= 0.3 is 0 Å². The molecule has 1 aromatic heterocycles. The second kappa shape index (κ2) is 5.60. The largest absolute Gasteiger partial charge is 0.369 e. The van der Waals surface area contributed by atoms with Crippen LogP contribution < -0.4 is 5.32 Å². The van der Waals surface area contributed by atoms with Gasteiger partial charge in [0, 0.05) is 12.5 Å². The van der Waals surface area contributed by atoms with Crippen LogP contribution in [0.2, 0.25) is 0 Å². The Balaban J connectivity index is 1.84. The number of aryl methyl sites for hydroxylation is 2. The van der Waals surface area contributed by atoms with Crippen LogP contribution in [0.15, 0.2) is 28.7 Å². The zero-order valence-corrected chi connectivity index (χ0v) is 13.6. The van der Waals surface area contributed by atoms with Crippen molar-refractivity contribution >= 4 is 21.7 Å². The second-order valence-corrected chi connectivity index (χ2v) is 6.32. The molecule has 0 bridgehead atoms. The van der Waals surface area contributed by atoms with E-state index in [9.17, 15) is 0 Å². The predicted molar refractivity (Wildman–Crippen MR) is 86.3 cm³/mol. The molecule has 1 aromatic carbocycles. The van der Waals surface area contributed by atoms with Gasteiger partial charge in [-0.3, -0.25) is 0 Å². The number of nitrogens with one attached hydrogen (secondary N) is 1. The molecule has 0 amide bonds. The quantitative estimate of drug-likeness (QED) is 0.915. The third kappa shape index (κ3) is 2.49. The Morgan fingerprint density at radius 1 is 1.35 bits per heavy atom. The number of aromatic nitrogens is 2. The summed E-state index contributed by atoms with van der Waals surface area (Å²) < 4.78 is 3.25. The summed E-state index contributed by atoms with van der Waals surface area (Å²) in [6, 6.07) is 8.84. The van der Waals surface area contributed by atoms with Crippen molar-refractivity contribution in [3.05, 3.63) is 45.6 Å². The molecule has 1 N–H and O–H groups in total. The first-order chi connectivity index (χ1) is 9.69. The average molecular weight is 334 g/mol. The van der Waals surface area contributed by atoms with Crippen molar-refractivity contribution in [1.29, 1.82) is 0 Å². The normalized spacial score (nSPS) is 17.6. The lowest BCUT2D eigenvalue weighted by Crippen LogP contribution is -2.26. The Morgan fingerprint density at radius 2 is 2.10 bits per heavy atom. The zero-order valence-electron chi connectivity index (χ0n) is 12.0. The maximum Gasteiger partial charge on any atom is 0.139 e. The average Bonchev–Trinajstić information content (AvgIpc) is 2.76. The van der Waals surface area contributed by atoms with Crippen molar-refractivity contribution in [2.45, 2.75) is 39.2 Å². The van der Waals surface area contributed by atoms with Gasteiger partial charge in [-0.05, 0) is 34.8 Å². The molecule has 1 unspecified atom stereocenters.